The molecule has 24 heavy (non-hydrogen) atoms. The largest absolute Gasteiger partial charge is 0.340 e. The lowest BCUT2D eigenvalue weighted by Crippen LogP contribution is -2.40. The minimum Gasteiger partial charge on any atom is -0.340 e. The Morgan fingerprint density at radius 3 is 2.58 bits per heavy atom. The number of hydrogen-bond acceptors (Lipinski definition) is 5. The van der Waals surface area contributed by atoms with Crippen LogP contribution in [0.3, 0.4) is 0 Å². The average molecular weight is 347 g/mol. The molecule has 0 bridgehead atoms. The van der Waals surface area contributed by atoms with Gasteiger partial charge in [-0.3, -0.25) is 0 Å². The predicted octanol–water partition coefficient (Wildman–Crippen LogP) is 2.48. The van der Waals surface area contributed by atoms with Gasteiger partial charge in [-0.1, -0.05) is 35.5 Å². The van der Waals surface area contributed by atoms with Crippen molar-refractivity contribution in [2.24, 2.45) is 5.41 Å². The molecule has 1 atom stereocenters. The van der Waals surface area contributed by atoms with E-state index in [1.807, 2.05) is 30.3 Å². The molecule has 1 aromatic heterocycles. The van der Waals surface area contributed by atoms with E-state index in [4.69, 9.17) is 4.52 Å². The van der Waals surface area contributed by atoms with Crippen molar-refractivity contribution in [2.45, 2.75) is 37.9 Å². The Hall–Kier alpha value is -1.73. The maximum atomic E-state index is 12.6. The highest BCUT2D eigenvalue weighted by Gasteiger charge is 2.58. The first-order chi connectivity index (χ1) is 11.5. The van der Waals surface area contributed by atoms with Gasteiger partial charge in [-0.25, -0.2) is 12.7 Å². The lowest BCUT2D eigenvalue weighted by atomic mass is 9.92. The number of nitrogens with zero attached hydrogens (tertiary/aromatic N) is 3. The summed E-state index contributed by atoms with van der Waals surface area (Å²) in [6, 6.07) is 9.36. The first kappa shape index (κ1) is 15.8. The minimum atomic E-state index is -3.25. The molecule has 2 aromatic rings. The van der Waals surface area contributed by atoms with Crippen LogP contribution in [0.25, 0.3) is 0 Å². The van der Waals surface area contributed by atoms with Gasteiger partial charge in [0.1, 0.15) is 0 Å². The smallest absolute Gasteiger partial charge is 0.223 e. The normalized spacial score (nSPS) is 23.5. The molecular weight excluding hydrogens is 326 g/mol. The number of benzene rings is 1. The molecule has 1 spiro atoms. The number of hydrogen-bond donors (Lipinski definition) is 0. The van der Waals surface area contributed by atoms with Crippen molar-refractivity contribution in [1.82, 2.24) is 14.4 Å². The summed E-state index contributed by atoms with van der Waals surface area (Å²) in [7, 11) is -3.25. The molecule has 128 valence electrons. The van der Waals surface area contributed by atoms with E-state index in [1.165, 1.54) is 0 Å². The summed E-state index contributed by atoms with van der Waals surface area (Å²) in [5.74, 6) is 1.78. The lowest BCUT2D eigenvalue weighted by molar-refractivity contribution is 0.249. The Bertz CT molecular complexity index is 824. The van der Waals surface area contributed by atoms with E-state index in [-0.39, 0.29) is 11.2 Å². The van der Waals surface area contributed by atoms with E-state index < -0.39 is 10.0 Å². The number of rotatable bonds is 4. The third-order valence-electron chi connectivity index (χ3n) is 5.35. The fraction of sp³-hybridized carbons (Fsp3) is 0.529. The molecule has 1 aliphatic carbocycles. The maximum Gasteiger partial charge on any atom is 0.223 e. The number of piperidine rings is 1. The molecule has 2 fully saturated rings. The summed E-state index contributed by atoms with van der Waals surface area (Å²) < 4.78 is 32.0. The average Bonchev–Trinajstić information content (AvgIpc) is 3.07. The fourth-order valence-corrected chi connectivity index (χ4v) is 5.34. The highest BCUT2D eigenvalue weighted by atomic mass is 32.2. The number of aryl methyl sites for hydroxylation is 1. The Kier molecular flexibility index (Phi) is 3.73. The van der Waals surface area contributed by atoms with Crippen molar-refractivity contribution < 1.29 is 12.9 Å². The van der Waals surface area contributed by atoms with Crippen molar-refractivity contribution in [2.75, 3.05) is 13.1 Å². The van der Waals surface area contributed by atoms with Crippen LogP contribution in [0, 0.1) is 12.3 Å². The molecule has 1 saturated carbocycles. The summed E-state index contributed by atoms with van der Waals surface area (Å²) in [6.07, 6.45) is 2.79. The van der Waals surface area contributed by atoms with Crippen LogP contribution in [0.15, 0.2) is 34.9 Å². The van der Waals surface area contributed by atoms with Gasteiger partial charge >= 0.3 is 0 Å². The van der Waals surface area contributed by atoms with E-state index in [0.717, 1.165) is 30.7 Å². The first-order valence-corrected chi connectivity index (χ1v) is 9.91. The van der Waals surface area contributed by atoms with E-state index in [1.54, 1.807) is 11.2 Å². The Labute approximate surface area is 141 Å². The molecule has 2 aliphatic rings. The van der Waals surface area contributed by atoms with Crippen LogP contribution in [0.2, 0.25) is 0 Å². The van der Waals surface area contributed by atoms with E-state index >= 15 is 0 Å². The summed E-state index contributed by atoms with van der Waals surface area (Å²) in [5.41, 5.74) is 1.01. The van der Waals surface area contributed by atoms with Crippen LogP contribution in [-0.2, 0) is 15.8 Å². The molecule has 7 heteroatoms. The van der Waals surface area contributed by atoms with Gasteiger partial charge in [-0.15, -0.1) is 0 Å². The lowest BCUT2D eigenvalue weighted by Gasteiger charge is -2.32. The van der Waals surface area contributed by atoms with Gasteiger partial charge in [0.25, 0.3) is 0 Å². The molecule has 6 nitrogen and oxygen atoms in total. The van der Waals surface area contributed by atoms with Gasteiger partial charge in [0.2, 0.25) is 15.9 Å². The van der Waals surface area contributed by atoms with Gasteiger partial charge in [-0.05, 0) is 30.2 Å². The third-order valence-corrected chi connectivity index (χ3v) is 7.20. The van der Waals surface area contributed by atoms with E-state index in [0.29, 0.717) is 24.9 Å². The molecule has 4 rings (SSSR count). The van der Waals surface area contributed by atoms with Gasteiger partial charge in [0.15, 0.2) is 5.82 Å². The molecule has 0 unspecified atom stereocenters. The molecule has 1 saturated heterocycles. The quantitative estimate of drug-likeness (QED) is 0.849. The van der Waals surface area contributed by atoms with Crippen molar-refractivity contribution in [1.29, 1.82) is 0 Å². The fourth-order valence-electron chi connectivity index (χ4n) is 3.81. The van der Waals surface area contributed by atoms with Crippen molar-refractivity contribution in [3.8, 4) is 0 Å². The molecule has 0 radical (unpaired) electrons. The van der Waals surface area contributed by atoms with E-state index in [9.17, 15) is 8.42 Å². The van der Waals surface area contributed by atoms with Crippen molar-refractivity contribution in [3.05, 3.63) is 47.6 Å². The second-order valence-corrected chi connectivity index (χ2v) is 8.90. The van der Waals surface area contributed by atoms with Gasteiger partial charge < -0.3 is 4.52 Å². The van der Waals surface area contributed by atoms with Crippen LogP contribution < -0.4 is 0 Å². The molecule has 0 amide bonds. The van der Waals surface area contributed by atoms with Gasteiger partial charge in [-0.2, -0.15) is 4.98 Å². The van der Waals surface area contributed by atoms with Crippen molar-refractivity contribution >= 4 is 10.0 Å². The van der Waals surface area contributed by atoms with Gasteiger partial charge in [0, 0.05) is 25.9 Å². The van der Waals surface area contributed by atoms with Crippen LogP contribution in [-0.4, -0.2) is 36.0 Å². The first-order valence-electron chi connectivity index (χ1n) is 8.31. The Balaban J connectivity index is 1.40. The highest BCUT2D eigenvalue weighted by molar-refractivity contribution is 7.88. The third kappa shape index (κ3) is 2.86. The topological polar surface area (TPSA) is 76.3 Å². The zero-order valence-electron chi connectivity index (χ0n) is 13.7. The van der Waals surface area contributed by atoms with Gasteiger partial charge in [0.05, 0.1) is 5.75 Å². The zero-order chi connectivity index (χ0) is 16.8. The van der Waals surface area contributed by atoms with Crippen molar-refractivity contribution in [3.63, 3.8) is 0 Å². The standard InChI is InChI=1S/C17H21N3O3S/c1-13-18-16(19-23-13)15-11-17(15)7-9-20(10-8-17)24(21,22)12-14-5-3-2-4-6-14/h2-6,15H,7-12H2,1H3/t15-/m1/s1. The van der Waals surface area contributed by atoms with E-state index in [2.05, 4.69) is 10.1 Å². The predicted molar refractivity (Wildman–Crippen MR) is 88.7 cm³/mol. The van der Waals surface area contributed by atoms with Crippen LogP contribution >= 0.6 is 0 Å². The zero-order valence-corrected chi connectivity index (χ0v) is 14.5. The Morgan fingerprint density at radius 2 is 1.96 bits per heavy atom. The summed E-state index contributed by atoms with van der Waals surface area (Å²) >= 11 is 0. The number of aromatic nitrogens is 2. The summed E-state index contributed by atoms with van der Waals surface area (Å²) in [5, 5.41) is 4.03. The molecule has 0 N–H and O–H groups in total. The van der Waals surface area contributed by atoms with Crippen LogP contribution in [0.1, 0.15) is 42.5 Å². The minimum absolute atomic E-state index is 0.0777. The molecule has 1 aromatic carbocycles. The second-order valence-electron chi connectivity index (χ2n) is 6.93. The highest BCUT2D eigenvalue weighted by Crippen LogP contribution is 2.64. The summed E-state index contributed by atoms with van der Waals surface area (Å²) in [4.78, 5) is 4.34. The number of sulfonamides is 1. The molecule has 1 aliphatic heterocycles. The monoisotopic (exact) mass is 347 g/mol. The molecule has 2 heterocycles. The Morgan fingerprint density at radius 1 is 1.25 bits per heavy atom. The van der Waals surface area contributed by atoms with Crippen LogP contribution in [0.4, 0.5) is 0 Å². The SMILES string of the molecule is Cc1nc([C@H]2CC23CCN(S(=O)(=O)Cc2ccccc2)CC3)no1. The maximum absolute atomic E-state index is 12.6. The molecular formula is C17H21N3O3S. The summed E-state index contributed by atoms with van der Waals surface area (Å²) in [6.45, 7) is 2.97. The second kappa shape index (κ2) is 5.67. The van der Waals surface area contributed by atoms with Crippen LogP contribution in [0.5, 0.6) is 0 Å².